The standard InChI is InChI=1S/C26H22ClFN6O2/c1-4-19(35)33-7-8-34-18(11-33)26(36)32(3)17-10-29-23-14(25(17)34)9-15(27)21(22(23)28)20-13(2)5-6-16-24(20)31-12-30-16/h4-6,9-10,12,18H,1,7-8,11H2,2-3H3,(H,30,31)/t18-/m1/s1. The Morgan fingerprint density at radius 2 is 2.06 bits per heavy atom. The van der Waals surface area contributed by atoms with Crippen LogP contribution in [0.25, 0.3) is 33.1 Å². The van der Waals surface area contributed by atoms with Crippen LogP contribution in [-0.2, 0) is 9.59 Å². The number of fused-ring (bicyclic) bond motifs is 6. The van der Waals surface area contributed by atoms with E-state index in [1.165, 1.54) is 17.2 Å². The third-order valence-corrected chi connectivity index (χ3v) is 7.49. The maximum atomic E-state index is 16.3. The van der Waals surface area contributed by atoms with Crippen LogP contribution in [0.5, 0.6) is 0 Å². The van der Waals surface area contributed by atoms with Gasteiger partial charge in [0.25, 0.3) is 5.91 Å². The number of amides is 2. The molecule has 2 aromatic heterocycles. The number of piperazine rings is 1. The lowest BCUT2D eigenvalue weighted by Gasteiger charge is -2.47. The zero-order valence-corrected chi connectivity index (χ0v) is 20.4. The highest BCUT2D eigenvalue weighted by Gasteiger charge is 2.42. The summed E-state index contributed by atoms with van der Waals surface area (Å²) in [6, 6.07) is 4.90. The number of pyridine rings is 1. The van der Waals surface area contributed by atoms with Gasteiger partial charge in [0.05, 0.1) is 46.5 Å². The Morgan fingerprint density at radius 1 is 1.25 bits per heavy atom. The van der Waals surface area contributed by atoms with Crippen molar-refractivity contribution in [2.24, 2.45) is 0 Å². The number of aryl methyl sites for hydroxylation is 1. The largest absolute Gasteiger partial charge is 0.354 e. The van der Waals surface area contributed by atoms with Gasteiger partial charge in [-0.05, 0) is 30.7 Å². The van der Waals surface area contributed by atoms with Gasteiger partial charge in [-0.25, -0.2) is 9.37 Å². The van der Waals surface area contributed by atoms with E-state index >= 15 is 4.39 Å². The Kier molecular flexibility index (Phi) is 5.01. The van der Waals surface area contributed by atoms with Gasteiger partial charge >= 0.3 is 0 Å². The van der Waals surface area contributed by atoms with Crippen LogP contribution in [0, 0.1) is 12.7 Å². The Morgan fingerprint density at radius 3 is 2.83 bits per heavy atom. The Balaban J connectivity index is 1.57. The van der Waals surface area contributed by atoms with Gasteiger partial charge in [-0.15, -0.1) is 0 Å². The van der Waals surface area contributed by atoms with Crippen molar-refractivity contribution in [2.75, 3.05) is 36.5 Å². The molecule has 2 aliphatic rings. The second kappa shape index (κ2) is 8.03. The van der Waals surface area contributed by atoms with E-state index in [9.17, 15) is 9.59 Å². The number of rotatable bonds is 2. The van der Waals surface area contributed by atoms with Gasteiger partial charge in [0.1, 0.15) is 11.6 Å². The van der Waals surface area contributed by atoms with Crippen LogP contribution in [0.15, 0.2) is 43.4 Å². The first-order chi connectivity index (χ1) is 17.3. The average molecular weight is 505 g/mol. The summed E-state index contributed by atoms with van der Waals surface area (Å²) in [5.41, 5.74) is 4.50. The van der Waals surface area contributed by atoms with E-state index in [1.54, 1.807) is 24.3 Å². The van der Waals surface area contributed by atoms with Crippen molar-refractivity contribution in [3.8, 4) is 11.1 Å². The highest BCUT2D eigenvalue weighted by atomic mass is 35.5. The molecule has 1 saturated heterocycles. The van der Waals surface area contributed by atoms with Crippen LogP contribution in [-0.4, -0.2) is 64.4 Å². The number of likely N-dealkylation sites (N-methyl/N-ethyl adjacent to an activating group) is 1. The molecule has 0 saturated carbocycles. The lowest BCUT2D eigenvalue weighted by atomic mass is 9.95. The first kappa shape index (κ1) is 22.5. The fourth-order valence-corrected chi connectivity index (χ4v) is 5.66. The Labute approximate surface area is 211 Å². The molecule has 8 nitrogen and oxygen atoms in total. The molecule has 6 rings (SSSR count). The van der Waals surface area contributed by atoms with Gasteiger partial charge in [-0.3, -0.25) is 14.6 Å². The predicted octanol–water partition coefficient (Wildman–Crippen LogP) is 4.06. The number of imidazole rings is 1. The molecular formula is C26H22ClFN6O2. The minimum absolute atomic E-state index is 0.158. The van der Waals surface area contributed by atoms with E-state index in [4.69, 9.17) is 11.6 Å². The molecule has 0 aliphatic carbocycles. The first-order valence-electron chi connectivity index (χ1n) is 11.5. The van der Waals surface area contributed by atoms with Crippen LogP contribution >= 0.6 is 11.6 Å². The Hall–Kier alpha value is -3.98. The second-order valence-electron chi connectivity index (χ2n) is 9.09. The van der Waals surface area contributed by atoms with Crippen molar-refractivity contribution in [2.45, 2.75) is 13.0 Å². The van der Waals surface area contributed by atoms with E-state index in [0.717, 1.165) is 11.1 Å². The summed E-state index contributed by atoms with van der Waals surface area (Å²) in [5.74, 6) is -0.929. The summed E-state index contributed by atoms with van der Waals surface area (Å²) in [6.07, 6.45) is 4.34. The average Bonchev–Trinajstić information content (AvgIpc) is 3.36. The number of carbonyl (C=O) groups is 2. The Bertz CT molecular complexity index is 1620. The first-order valence-corrected chi connectivity index (χ1v) is 11.9. The zero-order valence-electron chi connectivity index (χ0n) is 19.7. The quantitative estimate of drug-likeness (QED) is 0.416. The molecule has 182 valence electrons. The van der Waals surface area contributed by atoms with Crippen LogP contribution in [0.4, 0.5) is 15.8 Å². The molecule has 2 amide bonds. The predicted molar refractivity (Wildman–Crippen MR) is 138 cm³/mol. The minimum atomic E-state index is -0.604. The number of aromatic amines is 1. The SMILES string of the molecule is C=CC(=O)N1CCN2c3c(cnc4c(F)c(-c5c(C)ccc6[nH]cnc56)c(Cl)cc34)N(C)C(=O)[C@H]2C1. The van der Waals surface area contributed by atoms with Crippen molar-refractivity contribution in [3.63, 3.8) is 0 Å². The van der Waals surface area contributed by atoms with E-state index < -0.39 is 11.9 Å². The molecule has 2 aromatic carbocycles. The number of hydrogen-bond acceptors (Lipinski definition) is 5. The van der Waals surface area contributed by atoms with Crippen LogP contribution < -0.4 is 9.80 Å². The molecule has 4 aromatic rings. The normalized spacial score (nSPS) is 17.5. The zero-order chi connectivity index (χ0) is 25.3. The molecule has 2 aliphatic heterocycles. The van der Waals surface area contributed by atoms with E-state index in [1.807, 2.05) is 24.0 Å². The van der Waals surface area contributed by atoms with Gasteiger partial charge in [-0.2, -0.15) is 0 Å². The number of hydrogen-bond donors (Lipinski definition) is 1. The number of nitrogens with one attached hydrogen (secondary N) is 1. The van der Waals surface area contributed by atoms with Crippen molar-refractivity contribution in [3.05, 3.63) is 59.8 Å². The number of carbonyl (C=O) groups excluding carboxylic acids is 2. The van der Waals surface area contributed by atoms with E-state index in [2.05, 4.69) is 21.5 Å². The fourth-order valence-electron chi connectivity index (χ4n) is 5.37. The van der Waals surface area contributed by atoms with E-state index in [-0.39, 0.29) is 34.5 Å². The number of anilines is 2. The molecule has 4 heterocycles. The molecule has 36 heavy (non-hydrogen) atoms. The molecule has 1 N–H and O–H groups in total. The van der Waals surface area contributed by atoms with E-state index in [0.29, 0.717) is 40.9 Å². The number of H-pyrrole nitrogens is 1. The van der Waals surface area contributed by atoms with Crippen molar-refractivity contribution in [1.29, 1.82) is 0 Å². The molecule has 0 radical (unpaired) electrons. The van der Waals surface area contributed by atoms with Gasteiger partial charge in [0, 0.05) is 36.7 Å². The van der Waals surface area contributed by atoms with Gasteiger partial charge in [0.15, 0.2) is 5.82 Å². The third kappa shape index (κ3) is 3.05. The number of halogens is 2. The van der Waals surface area contributed by atoms with Crippen LogP contribution in [0.2, 0.25) is 5.02 Å². The molecule has 1 fully saturated rings. The second-order valence-corrected chi connectivity index (χ2v) is 9.49. The molecule has 1 atom stereocenters. The van der Waals surface area contributed by atoms with Gasteiger partial charge < -0.3 is 19.7 Å². The van der Waals surface area contributed by atoms with Gasteiger partial charge in [-0.1, -0.05) is 24.2 Å². The highest BCUT2D eigenvalue weighted by molar-refractivity contribution is 6.35. The summed E-state index contributed by atoms with van der Waals surface area (Å²) in [4.78, 5) is 42.4. The summed E-state index contributed by atoms with van der Waals surface area (Å²) < 4.78 is 16.3. The van der Waals surface area contributed by atoms with Crippen molar-refractivity contribution >= 4 is 56.7 Å². The number of aromatic nitrogens is 3. The smallest absolute Gasteiger partial charge is 0.251 e. The summed E-state index contributed by atoms with van der Waals surface area (Å²) in [5, 5.41) is 0.740. The lowest BCUT2D eigenvalue weighted by molar-refractivity contribution is -0.128. The highest BCUT2D eigenvalue weighted by Crippen LogP contribution is 2.46. The van der Waals surface area contributed by atoms with Crippen LogP contribution in [0.1, 0.15) is 5.56 Å². The molecule has 0 spiro atoms. The number of benzene rings is 2. The fraction of sp³-hybridized carbons (Fsp3) is 0.231. The maximum absolute atomic E-state index is 16.3. The van der Waals surface area contributed by atoms with Gasteiger partial charge in [0.2, 0.25) is 5.91 Å². The van der Waals surface area contributed by atoms with Crippen molar-refractivity contribution < 1.29 is 14.0 Å². The minimum Gasteiger partial charge on any atom is -0.354 e. The van der Waals surface area contributed by atoms with Crippen LogP contribution in [0.3, 0.4) is 0 Å². The third-order valence-electron chi connectivity index (χ3n) is 7.19. The lowest BCUT2D eigenvalue weighted by Crippen LogP contribution is -2.62. The van der Waals surface area contributed by atoms with Crippen molar-refractivity contribution in [1.82, 2.24) is 19.9 Å². The molecule has 10 heteroatoms. The monoisotopic (exact) mass is 504 g/mol. The molecule has 0 bridgehead atoms. The maximum Gasteiger partial charge on any atom is 0.251 e. The summed E-state index contributed by atoms with van der Waals surface area (Å²) >= 11 is 6.78. The molecular weight excluding hydrogens is 483 g/mol. The summed E-state index contributed by atoms with van der Waals surface area (Å²) in [7, 11) is 1.66. The molecule has 0 unspecified atom stereocenters. The topological polar surface area (TPSA) is 85.4 Å². The summed E-state index contributed by atoms with van der Waals surface area (Å²) in [6.45, 7) is 6.47. The number of nitrogens with zero attached hydrogens (tertiary/aromatic N) is 5.